The van der Waals surface area contributed by atoms with Gasteiger partial charge >= 0.3 is 0 Å². The van der Waals surface area contributed by atoms with E-state index in [9.17, 15) is 8.42 Å². The number of sulfonamides is 1. The van der Waals surface area contributed by atoms with Gasteiger partial charge in [-0.15, -0.1) is 0 Å². The number of rotatable bonds is 4. The third kappa shape index (κ3) is 3.63. The van der Waals surface area contributed by atoms with Crippen molar-refractivity contribution in [1.82, 2.24) is 4.72 Å². The maximum Gasteiger partial charge on any atom is 0.240 e. The van der Waals surface area contributed by atoms with E-state index in [1.54, 1.807) is 13.0 Å². The van der Waals surface area contributed by atoms with Crippen molar-refractivity contribution >= 4 is 10.0 Å². The van der Waals surface area contributed by atoms with Gasteiger partial charge in [0.1, 0.15) is 0 Å². The normalized spacial score (nSPS) is 17.7. The monoisotopic (exact) mass is 331 g/mol. The van der Waals surface area contributed by atoms with E-state index in [2.05, 4.69) is 10.8 Å². The zero-order valence-corrected chi connectivity index (χ0v) is 14.2. The molecule has 0 spiro atoms. The number of hydrogen-bond acceptors (Lipinski definition) is 3. The summed E-state index contributed by atoms with van der Waals surface area (Å²) in [5, 5.41) is 0. The molecule has 0 aliphatic carbocycles. The van der Waals surface area contributed by atoms with Crippen LogP contribution in [0.15, 0.2) is 47.4 Å². The van der Waals surface area contributed by atoms with E-state index in [0.29, 0.717) is 11.5 Å². The maximum atomic E-state index is 12.5. The molecule has 1 atom stereocenters. The number of nitrogens with one attached hydrogen (secondary N) is 1. The van der Waals surface area contributed by atoms with Gasteiger partial charge in [-0.25, -0.2) is 13.1 Å². The Bertz CT molecular complexity index is 815. The zero-order valence-electron chi connectivity index (χ0n) is 13.4. The van der Waals surface area contributed by atoms with Crippen molar-refractivity contribution < 1.29 is 13.2 Å². The number of benzene rings is 2. The second-order valence-electron chi connectivity index (χ2n) is 6.03. The fourth-order valence-electron chi connectivity index (χ4n) is 2.82. The second kappa shape index (κ2) is 6.43. The Morgan fingerprint density at radius 3 is 2.65 bits per heavy atom. The van der Waals surface area contributed by atoms with Gasteiger partial charge in [0, 0.05) is 13.0 Å². The van der Waals surface area contributed by atoms with Gasteiger partial charge < -0.3 is 4.74 Å². The van der Waals surface area contributed by atoms with Crippen molar-refractivity contribution in [2.24, 2.45) is 0 Å². The van der Waals surface area contributed by atoms with Gasteiger partial charge in [0.15, 0.2) is 0 Å². The highest BCUT2D eigenvalue weighted by atomic mass is 32.2. The van der Waals surface area contributed by atoms with Gasteiger partial charge in [-0.05, 0) is 42.2 Å². The molecule has 2 aromatic rings. The molecule has 0 saturated carbocycles. The molecule has 23 heavy (non-hydrogen) atoms. The molecule has 0 amide bonds. The lowest BCUT2D eigenvalue weighted by Gasteiger charge is -2.25. The van der Waals surface area contributed by atoms with Crippen molar-refractivity contribution in [2.75, 3.05) is 6.54 Å². The molecular formula is C18H21NO3S. The molecule has 1 aliphatic rings. The van der Waals surface area contributed by atoms with Gasteiger partial charge in [0.05, 0.1) is 17.6 Å². The van der Waals surface area contributed by atoms with Crippen LogP contribution in [0.2, 0.25) is 0 Å². The quantitative estimate of drug-likeness (QED) is 0.937. The lowest BCUT2D eigenvalue weighted by molar-refractivity contribution is 0.0322. The maximum absolute atomic E-state index is 12.5. The summed E-state index contributed by atoms with van der Waals surface area (Å²) in [5.74, 6) is 0. The molecule has 5 heteroatoms. The summed E-state index contributed by atoms with van der Waals surface area (Å²) in [4.78, 5) is 0.341. The third-order valence-electron chi connectivity index (χ3n) is 4.17. The zero-order chi connectivity index (χ0) is 16.4. The fourth-order valence-corrected chi connectivity index (χ4v) is 4.21. The van der Waals surface area contributed by atoms with E-state index in [0.717, 1.165) is 17.5 Å². The van der Waals surface area contributed by atoms with Crippen molar-refractivity contribution in [2.45, 2.75) is 37.9 Å². The van der Waals surface area contributed by atoms with Crippen LogP contribution >= 0.6 is 0 Å². The highest BCUT2D eigenvalue weighted by Gasteiger charge is 2.22. The van der Waals surface area contributed by atoms with E-state index in [4.69, 9.17) is 4.74 Å². The number of aryl methyl sites for hydroxylation is 2. The number of fused-ring (bicyclic) bond motifs is 1. The van der Waals surface area contributed by atoms with Crippen molar-refractivity contribution in [3.05, 3.63) is 64.7 Å². The molecule has 4 nitrogen and oxygen atoms in total. The molecule has 1 aliphatic heterocycles. The van der Waals surface area contributed by atoms with E-state index in [-0.39, 0.29) is 12.6 Å². The average molecular weight is 331 g/mol. The van der Waals surface area contributed by atoms with E-state index < -0.39 is 10.0 Å². The molecule has 0 bridgehead atoms. The first-order valence-corrected chi connectivity index (χ1v) is 9.19. The van der Waals surface area contributed by atoms with Crippen LogP contribution in [0.5, 0.6) is 0 Å². The highest BCUT2D eigenvalue weighted by Crippen LogP contribution is 2.21. The van der Waals surface area contributed by atoms with Crippen molar-refractivity contribution in [1.29, 1.82) is 0 Å². The van der Waals surface area contributed by atoms with Crippen LogP contribution in [0.3, 0.4) is 0 Å². The summed E-state index contributed by atoms with van der Waals surface area (Å²) in [7, 11) is -3.52. The van der Waals surface area contributed by atoms with Crippen LogP contribution in [0.4, 0.5) is 0 Å². The largest absolute Gasteiger partial charge is 0.372 e. The predicted molar refractivity (Wildman–Crippen MR) is 89.8 cm³/mol. The first-order valence-electron chi connectivity index (χ1n) is 7.71. The minimum Gasteiger partial charge on any atom is -0.372 e. The van der Waals surface area contributed by atoms with Crippen molar-refractivity contribution in [3.8, 4) is 0 Å². The first-order chi connectivity index (χ1) is 11.0. The summed E-state index contributed by atoms with van der Waals surface area (Å²) in [6.07, 6.45) is 0.593. The molecule has 1 heterocycles. The second-order valence-corrected chi connectivity index (χ2v) is 7.76. The first kappa shape index (κ1) is 16.2. The lowest BCUT2D eigenvalue weighted by atomic mass is 9.99. The Kier molecular flexibility index (Phi) is 4.53. The molecular weight excluding hydrogens is 310 g/mol. The Morgan fingerprint density at radius 1 is 1.13 bits per heavy atom. The number of hydrogen-bond donors (Lipinski definition) is 1. The van der Waals surface area contributed by atoms with Gasteiger partial charge in [-0.2, -0.15) is 0 Å². The van der Waals surface area contributed by atoms with Crippen LogP contribution in [-0.4, -0.2) is 21.1 Å². The van der Waals surface area contributed by atoms with Crippen molar-refractivity contribution in [3.63, 3.8) is 0 Å². The Morgan fingerprint density at radius 2 is 1.87 bits per heavy atom. The van der Waals surface area contributed by atoms with Crippen LogP contribution in [-0.2, 0) is 27.8 Å². The number of ether oxygens (including phenoxy) is 1. The van der Waals surface area contributed by atoms with E-state index >= 15 is 0 Å². The summed E-state index contributed by atoms with van der Waals surface area (Å²) < 4.78 is 33.5. The van der Waals surface area contributed by atoms with E-state index in [1.807, 2.05) is 37.3 Å². The van der Waals surface area contributed by atoms with Gasteiger partial charge in [0.25, 0.3) is 0 Å². The van der Waals surface area contributed by atoms with Crippen LogP contribution in [0, 0.1) is 13.8 Å². The van der Waals surface area contributed by atoms with Crippen LogP contribution in [0.25, 0.3) is 0 Å². The molecule has 0 aromatic heterocycles. The molecule has 1 unspecified atom stereocenters. The molecule has 1 N–H and O–H groups in total. The van der Waals surface area contributed by atoms with Crippen LogP contribution < -0.4 is 4.72 Å². The average Bonchev–Trinajstić information content (AvgIpc) is 2.55. The molecule has 122 valence electrons. The minimum atomic E-state index is -3.52. The smallest absolute Gasteiger partial charge is 0.240 e. The Hall–Kier alpha value is -1.69. The van der Waals surface area contributed by atoms with E-state index in [1.165, 1.54) is 11.1 Å². The summed E-state index contributed by atoms with van der Waals surface area (Å²) in [6.45, 7) is 4.51. The Balaban J connectivity index is 1.70. The lowest BCUT2D eigenvalue weighted by Crippen LogP contribution is -2.37. The fraction of sp³-hybridized carbons (Fsp3) is 0.333. The standard InChI is InChI=1S/C18H21NO3S/c1-13-7-8-14(2)18(9-13)23(20,21)19-11-17-10-15-5-3-4-6-16(15)12-22-17/h3-9,17,19H,10-12H2,1-2H3. The molecule has 2 aromatic carbocycles. The summed E-state index contributed by atoms with van der Waals surface area (Å²) >= 11 is 0. The molecule has 0 fully saturated rings. The Labute approximate surface area is 137 Å². The summed E-state index contributed by atoms with van der Waals surface area (Å²) in [6, 6.07) is 13.6. The van der Waals surface area contributed by atoms with Gasteiger partial charge in [-0.3, -0.25) is 0 Å². The molecule has 3 rings (SSSR count). The van der Waals surface area contributed by atoms with Gasteiger partial charge in [-0.1, -0.05) is 36.4 Å². The minimum absolute atomic E-state index is 0.134. The van der Waals surface area contributed by atoms with Gasteiger partial charge in [0.2, 0.25) is 10.0 Å². The molecule has 0 radical (unpaired) electrons. The predicted octanol–water partition coefficient (Wildman–Crippen LogP) is 2.72. The third-order valence-corrected chi connectivity index (χ3v) is 5.74. The SMILES string of the molecule is Cc1ccc(C)c(S(=O)(=O)NCC2Cc3ccccc3CO2)c1. The van der Waals surface area contributed by atoms with Crippen LogP contribution in [0.1, 0.15) is 22.3 Å². The topological polar surface area (TPSA) is 55.4 Å². The summed E-state index contributed by atoms with van der Waals surface area (Å²) in [5.41, 5.74) is 4.09. The molecule has 0 saturated heterocycles. The highest BCUT2D eigenvalue weighted by molar-refractivity contribution is 7.89.